The van der Waals surface area contributed by atoms with Crippen molar-refractivity contribution in [2.45, 2.75) is 6.92 Å². The standard InChI is InChI=1S/C2H4O2.4Bi.3H4O7P2/c1-2(3)4;;;;;3*1-8(2,3)7-9(4,5)6/h1H3,(H,3,4);;;;;3*(H2,1,2,3)(H2,4,5,6)/q;4*+3;;;/p-12. The number of carboxylic acids is 1. The first-order valence-electron chi connectivity index (χ1n) is 5.31. The third kappa shape index (κ3) is 102. The molecule has 0 rings (SSSR count). The minimum Gasteiger partial charge on any atom is -0.790 e. The van der Waals surface area contributed by atoms with E-state index in [1.54, 1.807) is 0 Å². The molecule has 0 aliphatic heterocycles. The van der Waals surface area contributed by atoms with Crippen LogP contribution in [0, 0.1) is 0 Å². The van der Waals surface area contributed by atoms with Gasteiger partial charge in [0.15, 0.2) is 0 Å². The van der Waals surface area contributed by atoms with Gasteiger partial charge in [0.05, 0.1) is 46.9 Å². The summed E-state index contributed by atoms with van der Waals surface area (Å²) < 4.78 is 63.5. The molecule has 200 valence electrons. The Labute approximate surface area is 270 Å². The summed E-state index contributed by atoms with van der Waals surface area (Å²) in [7, 11) is -34.1. The first-order chi connectivity index (χ1) is 12.9. The number of phosphoric acid groups is 6. The molecule has 0 heterocycles. The zero-order chi connectivity index (χ0) is 26.7. The van der Waals surface area contributed by atoms with Crippen LogP contribution in [-0.2, 0) is 45.1 Å². The van der Waals surface area contributed by atoms with Gasteiger partial charge < -0.3 is 104 Å². The van der Waals surface area contributed by atoms with Crippen molar-refractivity contribution in [1.29, 1.82) is 0 Å². The maximum Gasteiger partial charge on any atom is 3.00 e. The summed E-state index contributed by atoms with van der Waals surface area (Å²) in [6.45, 7) is 1.08. The maximum atomic E-state index is 9.32. The fourth-order valence-electron chi connectivity index (χ4n) is 0.367. The fourth-order valence-corrected chi connectivity index (χ4v) is 3.31. The average Bonchev–Trinajstić information content (AvgIpc) is 2.10. The van der Waals surface area contributed by atoms with E-state index in [1.807, 2.05) is 0 Å². The molecule has 8 radical (unpaired) electrons. The fraction of sp³-hybridized carbons (Fsp3) is 0.500. The number of carboxylic acid groups (broad SMARTS) is 1. The van der Waals surface area contributed by atoms with Gasteiger partial charge in [-0.3, -0.25) is 4.79 Å². The van der Waals surface area contributed by atoms with Crippen LogP contribution in [-0.4, -0.2) is 116 Å². The topological polar surface area (TPSA) is 444 Å². The van der Waals surface area contributed by atoms with E-state index in [2.05, 4.69) is 12.9 Å². The van der Waals surface area contributed by atoms with E-state index in [1.165, 1.54) is 0 Å². The van der Waals surface area contributed by atoms with E-state index in [4.69, 9.17) is 9.90 Å². The smallest absolute Gasteiger partial charge is 0.790 e. The summed E-state index contributed by atoms with van der Waals surface area (Å²) in [5.41, 5.74) is 0. The Kier molecular flexibility index (Phi) is 40.7. The minimum absolute atomic E-state index is 0. The number of rotatable bonds is 6. The van der Waals surface area contributed by atoms with Crippen LogP contribution in [0.1, 0.15) is 6.92 Å². The Morgan fingerprint density at radius 3 is 0.514 bits per heavy atom. The molecule has 0 aliphatic rings. The minimum atomic E-state index is -5.68. The molecule has 35 heavy (non-hydrogen) atoms. The summed E-state index contributed by atoms with van der Waals surface area (Å²) in [5.74, 6) is -0.833. The van der Waals surface area contributed by atoms with E-state index < -0.39 is 52.9 Å². The Morgan fingerprint density at radius 2 is 0.514 bits per heavy atom. The molecule has 0 aromatic rings. The van der Waals surface area contributed by atoms with Crippen molar-refractivity contribution < 1.29 is 109 Å². The average molecular weight is 1420 g/mol. The summed E-state index contributed by atoms with van der Waals surface area (Å²) >= 11 is 0. The van der Waals surface area contributed by atoms with Crippen molar-refractivity contribution in [1.82, 2.24) is 0 Å². The van der Waals surface area contributed by atoms with Gasteiger partial charge in [0.2, 0.25) is 0 Å². The van der Waals surface area contributed by atoms with Crippen LogP contribution in [0.25, 0.3) is 0 Å². The van der Waals surface area contributed by atoms with E-state index in [9.17, 15) is 86.1 Å². The van der Waals surface area contributed by atoms with Gasteiger partial charge in [0, 0.05) is 6.92 Å². The SMILES string of the molecule is CC(=O)O.O=P([O-])([O-])OP(=O)([O-])[O-].O=P([O-])([O-])OP(=O)([O-])[O-].O=P([O-])([O-])OP(=O)([O-])[O-].[Bi+3].[Bi+3].[Bi+3].[Bi+3]. The Bertz CT molecular complexity index is 653. The predicted molar refractivity (Wildman–Crippen MR) is 85.2 cm³/mol. The second-order valence-electron chi connectivity index (χ2n) is 3.45. The Hall–Kier alpha value is 3.78. The molecule has 0 aromatic carbocycles. The third-order valence-electron chi connectivity index (χ3n) is 0.600. The van der Waals surface area contributed by atoms with Crippen LogP contribution >= 0.6 is 46.9 Å². The van der Waals surface area contributed by atoms with Crippen LogP contribution in [0.5, 0.6) is 0 Å². The molecule has 0 spiro atoms. The molecule has 33 heteroatoms. The van der Waals surface area contributed by atoms with Crippen molar-refractivity contribution in [3.05, 3.63) is 0 Å². The van der Waals surface area contributed by atoms with Crippen LogP contribution in [0.15, 0.2) is 0 Å². The number of aliphatic carboxylic acids is 1. The molecule has 23 nitrogen and oxygen atoms in total. The molecule has 0 saturated carbocycles. The molecule has 0 amide bonds. The van der Waals surface area contributed by atoms with Gasteiger partial charge in [-0.2, -0.15) is 0 Å². The molecular formula is C2H4Bi4O23P6. The summed E-state index contributed by atoms with van der Waals surface area (Å²) in [6, 6.07) is 0. The van der Waals surface area contributed by atoms with Crippen molar-refractivity contribution in [3.63, 3.8) is 0 Å². The van der Waals surface area contributed by atoms with Gasteiger partial charge in [-0.25, -0.2) is 0 Å². The molecule has 0 aromatic heterocycles. The summed E-state index contributed by atoms with van der Waals surface area (Å²) in [4.78, 5) is 121. The van der Waals surface area contributed by atoms with Crippen LogP contribution in [0.2, 0.25) is 0 Å². The van der Waals surface area contributed by atoms with Crippen molar-refractivity contribution in [2.24, 2.45) is 0 Å². The molecule has 0 aliphatic carbocycles. The van der Waals surface area contributed by atoms with Crippen LogP contribution < -0.4 is 58.7 Å². The number of hydrogen-bond acceptors (Lipinski definition) is 22. The van der Waals surface area contributed by atoms with E-state index in [0.717, 1.165) is 6.92 Å². The van der Waals surface area contributed by atoms with Gasteiger partial charge in [-0.15, -0.1) is 0 Å². The van der Waals surface area contributed by atoms with E-state index in [0.29, 0.717) is 0 Å². The Morgan fingerprint density at radius 1 is 0.457 bits per heavy atom. The summed E-state index contributed by atoms with van der Waals surface area (Å²) in [5, 5.41) is 7.42. The Balaban J connectivity index is -0.0000000459. The molecular weight excluding hydrogens is 1410 g/mol. The molecule has 0 bridgehead atoms. The first-order valence-corrected chi connectivity index (χ1v) is 14.1. The van der Waals surface area contributed by atoms with Crippen LogP contribution in [0.3, 0.4) is 0 Å². The largest absolute Gasteiger partial charge is 3.00 e. The number of carbonyl (C=O) groups is 1. The van der Waals surface area contributed by atoms with Gasteiger partial charge in [0.25, 0.3) is 5.97 Å². The predicted octanol–water partition coefficient (Wildman–Crippen LogP) is -11.5. The normalized spacial score (nSPS) is 11.3. The third-order valence-corrected chi connectivity index (χ3v) is 5.40. The van der Waals surface area contributed by atoms with Crippen molar-refractivity contribution in [3.8, 4) is 0 Å². The number of hydrogen-bond donors (Lipinski definition) is 1. The monoisotopic (exact) mass is 1420 g/mol. The van der Waals surface area contributed by atoms with Crippen molar-refractivity contribution >= 4 is 158 Å². The molecule has 0 unspecified atom stereocenters. The molecule has 0 atom stereocenters. The van der Waals surface area contributed by atoms with Gasteiger partial charge in [-0.05, 0) is 0 Å². The van der Waals surface area contributed by atoms with E-state index in [-0.39, 0.29) is 105 Å². The second-order valence-corrected chi connectivity index (χ2v) is 10.8. The summed E-state index contributed by atoms with van der Waals surface area (Å²) in [6.07, 6.45) is 0. The van der Waals surface area contributed by atoms with E-state index >= 15 is 0 Å². The quantitative estimate of drug-likeness (QED) is 0.191. The van der Waals surface area contributed by atoms with Gasteiger partial charge in [-0.1, -0.05) is 0 Å². The first kappa shape index (κ1) is 58.4. The van der Waals surface area contributed by atoms with Crippen molar-refractivity contribution in [2.75, 3.05) is 0 Å². The molecule has 1 N–H and O–H groups in total. The zero-order valence-corrected chi connectivity index (χ0v) is 34.7. The zero-order valence-electron chi connectivity index (χ0n) is 15.4. The van der Waals surface area contributed by atoms with Crippen LogP contribution in [0.4, 0.5) is 0 Å². The molecule has 0 fully saturated rings. The van der Waals surface area contributed by atoms with Gasteiger partial charge >= 0.3 is 105 Å². The maximum absolute atomic E-state index is 9.32. The van der Waals surface area contributed by atoms with Gasteiger partial charge in [0.1, 0.15) is 0 Å². The second kappa shape index (κ2) is 24.4. The molecule has 0 saturated heterocycles.